The van der Waals surface area contributed by atoms with Crippen molar-refractivity contribution in [3.8, 4) is 0 Å². The van der Waals surface area contributed by atoms with E-state index in [4.69, 9.17) is 5.11 Å². The second-order valence-corrected chi connectivity index (χ2v) is 3.40. The highest BCUT2D eigenvalue weighted by Crippen LogP contribution is 1.87. The standard InChI is InChI=1S/C10H22N2O2/c1-3-6-12-10(14)9(2)11-7-4-5-8-13/h9,11,13H,3-8H2,1-2H3,(H,12,14). The van der Waals surface area contributed by atoms with Gasteiger partial charge in [-0.25, -0.2) is 0 Å². The lowest BCUT2D eigenvalue weighted by Gasteiger charge is -2.13. The van der Waals surface area contributed by atoms with Crippen LogP contribution in [0.15, 0.2) is 0 Å². The predicted molar refractivity (Wildman–Crippen MR) is 57.1 cm³/mol. The van der Waals surface area contributed by atoms with Gasteiger partial charge < -0.3 is 15.7 Å². The van der Waals surface area contributed by atoms with E-state index in [0.29, 0.717) is 0 Å². The van der Waals surface area contributed by atoms with E-state index < -0.39 is 0 Å². The predicted octanol–water partition coefficient (Wildman–Crippen LogP) is 0.263. The molecule has 0 aromatic rings. The SMILES string of the molecule is CCCNC(=O)C(C)NCCCCO. The summed E-state index contributed by atoms with van der Waals surface area (Å²) < 4.78 is 0. The number of hydrogen-bond donors (Lipinski definition) is 3. The van der Waals surface area contributed by atoms with E-state index in [1.807, 2.05) is 13.8 Å². The van der Waals surface area contributed by atoms with Crippen LogP contribution < -0.4 is 10.6 Å². The molecule has 0 radical (unpaired) electrons. The van der Waals surface area contributed by atoms with Gasteiger partial charge in [0.1, 0.15) is 0 Å². The van der Waals surface area contributed by atoms with E-state index in [0.717, 1.165) is 32.4 Å². The number of hydrogen-bond acceptors (Lipinski definition) is 3. The Labute approximate surface area is 86.1 Å². The van der Waals surface area contributed by atoms with Gasteiger partial charge in [-0.15, -0.1) is 0 Å². The van der Waals surface area contributed by atoms with Crippen LogP contribution in [0.1, 0.15) is 33.1 Å². The number of nitrogens with one attached hydrogen (secondary N) is 2. The molecule has 84 valence electrons. The number of aliphatic hydroxyl groups is 1. The first-order valence-corrected chi connectivity index (χ1v) is 5.34. The summed E-state index contributed by atoms with van der Waals surface area (Å²) in [7, 11) is 0. The van der Waals surface area contributed by atoms with Crippen LogP contribution in [0.25, 0.3) is 0 Å². The minimum Gasteiger partial charge on any atom is -0.396 e. The van der Waals surface area contributed by atoms with Crippen LogP contribution in [0.3, 0.4) is 0 Å². The van der Waals surface area contributed by atoms with Crippen molar-refractivity contribution >= 4 is 5.91 Å². The maximum atomic E-state index is 11.3. The molecular weight excluding hydrogens is 180 g/mol. The van der Waals surface area contributed by atoms with Crippen molar-refractivity contribution < 1.29 is 9.90 Å². The molecule has 0 aliphatic carbocycles. The van der Waals surface area contributed by atoms with E-state index in [-0.39, 0.29) is 18.6 Å². The largest absolute Gasteiger partial charge is 0.396 e. The Kier molecular flexibility index (Phi) is 8.57. The molecule has 3 N–H and O–H groups in total. The lowest BCUT2D eigenvalue weighted by Crippen LogP contribution is -2.42. The Balaban J connectivity index is 3.42. The van der Waals surface area contributed by atoms with E-state index in [1.54, 1.807) is 0 Å². The number of carbonyl (C=O) groups is 1. The molecule has 0 rings (SSSR count). The van der Waals surface area contributed by atoms with Crippen molar-refractivity contribution in [2.75, 3.05) is 19.7 Å². The monoisotopic (exact) mass is 202 g/mol. The van der Waals surface area contributed by atoms with Crippen LogP contribution in [0.2, 0.25) is 0 Å². The molecule has 0 spiro atoms. The molecule has 4 heteroatoms. The molecule has 1 amide bonds. The average Bonchev–Trinajstić information content (AvgIpc) is 2.20. The van der Waals surface area contributed by atoms with Crippen molar-refractivity contribution in [2.24, 2.45) is 0 Å². The van der Waals surface area contributed by atoms with Gasteiger partial charge in [-0.05, 0) is 32.7 Å². The van der Waals surface area contributed by atoms with Crippen molar-refractivity contribution in [2.45, 2.75) is 39.2 Å². The topological polar surface area (TPSA) is 61.4 Å². The van der Waals surface area contributed by atoms with E-state index in [9.17, 15) is 4.79 Å². The molecule has 0 aliphatic heterocycles. The minimum atomic E-state index is -0.139. The van der Waals surface area contributed by atoms with E-state index >= 15 is 0 Å². The molecule has 4 nitrogen and oxygen atoms in total. The second kappa shape index (κ2) is 8.97. The fourth-order valence-corrected chi connectivity index (χ4v) is 1.05. The van der Waals surface area contributed by atoms with Gasteiger partial charge >= 0.3 is 0 Å². The quantitative estimate of drug-likeness (QED) is 0.495. The third-order valence-electron chi connectivity index (χ3n) is 1.98. The average molecular weight is 202 g/mol. The van der Waals surface area contributed by atoms with Crippen LogP contribution >= 0.6 is 0 Å². The third kappa shape index (κ3) is 6.86. The summed E-state index contributed by atoms with van der Waals surface area (Å²) in [6.45, 7) is 5.62. The van der Waals surface area contributed by atoms with Crippen LogP contribution in [0.5, 0.6) is 0 Å². The highest BCUT2D eigenvalue weighted by atomic mass is 16.2. The lowest BCUT2D eigenvalue weighted by atomic mass is 10.2. The fourth-order valence-electron chi connectivity index (χ4n) is 1.05. The number of aliphatic hydroxyl groups excluding tert-OH is 1. The highest BCUT2D eigenvalue weighted by Gasteiger charge is 2.09. The molecule has 0 bridgehead atoms. The smallest absolute Gasteiger partial charge is 0.236 e. The van der Waals surface area contributed by atoms with E-state index in [1.165, 1.54) is 0 Å². The minimum absolute atomic E-state index is 0.0517. The van der Waals surface area contributed by atoms with Crippen LogP contribution in [-0.4, -0.2) is 36.8 Å². The number of unbranched alkanes of at least 4 members (excludes halogenated alkanes) is 1. The number of amides is 1. The molecular formula is C10H22N2O2. The van der Waals surface area contributed by atoms with Gasteiger partial charge in [-0.1, -0.05) is 6.92 Å². The van der Waals surface area contributed by atoms with Gasteiger partial charge in [0, 0.05) is 13.2 Å². The summed E-state index contributed by atoms with van der Waals surface area (Å²) in [5.41, 5.74) is 0. The molecule has 1 atom stereocenters. The molecule has 0 aromatic heterocycles. The van der Waals surface area contributed by atoms with Gasteiger partial charge in [0.25, 0.3) is 0 Å². The van der Waals surface area contributed by atoms with Crippen molar-refractivity contribution in [3.05, 3.63) is 0 Å². The Hall–Kier alpha value is -0.610. The second-order valence-electron chi connectivity index (χ2n) is 3.40. The van der Waals surface area contributed by atoms with Gasteiger partial charge in [0.2, 0.25) is 5.91 Å². The van der Waals surface area contributed by atoms with Gasteiger partial charge in [-0.3, -0.25) is 4.79 Å². The maximum absolute atomic E-state index is 11.3. The molecule has 0 aromatic carbocycles. The Morgan fingerprint density at radius 2 is 2.07 bits per heavy atom. The molecule has 14 heavy (non-hydrogen) atoms. The summed E-state index contributed by atoms with van der Waals surface area (Å²) in [5, 5.41) is 14.5. The highest BCUT2D eigenvalue weighted by molar-refractivity contribution is 5.81. The van der Waals surface area contributed by atoms with Crippen molar-refractivity contribution in [1.29, 1.82) is 0 Å². The first-order valence-electron chi connectivity index (χ1n) is 5.34. The van der Waals surface area contributed by atoms with Crippen LogP contribution in [0.4, 0.5) is 0 Å². The Morgan fingerprint density at radius 3 is 2.64 bits per heavy atom. The molecule has 0 heterocycles. The first-order chi connectivity index (χ1) is 6.72. The molecule has 1 unspecified atom stereocenters. The zero-order valence-electron chi connectivity index (χ0n) is 9.18. The van der Waals surface area contributed by atoms with E-state index in [2.05, 4.69) is 10.6 Å². The Bertz CT molecular complexity index is 151. The fraction of sp³-hybridized carbons (Fsp3) is 0.900. The summed E-state index contributed by atoms with van der Waals surface area (Å²) in [6, 6.07) is -0.139. The molecule has 0 saturated heterocycles. The zero-order chi connectivity index (χ0) is 10.8. The Morgan fingerprint density at radius 1 is 1.36 bits per heavy atom. The maximum Gasteiger partial charge on any atom is 0.236 e. The van der Waals surface area contributed by atoms with Gasteiger partial charge in [-0.2, -0.15) is 0 Å². The summed E-state index contributed by atoms with van der Waals surface area (Å²) >= 11 is 0. The molecule has 0 saturated carbocycles. The van der Waals surface area contributed by atoms with Crippen molar-refractivity contribution in [3.63, 3.8) is 0 Å². The van der Waals surface area contributed by atoms with Crippen LogP contribution in [0, 0.1) is 0 Å². The van der Waals surface area contributed by atoms with Gasteiger partial charge in [0.15, 0.2) is 0 Å². The summed E-state index contributed by atoms with van der Waals surface area (Å²) in [6.07, 6.45) is 2.65. The zero-order valence-corrected chi connectivity index (χ0v) is 9.18. The van der Waals surface area contributed by atoms with Crippen molar-refractivity contribution in [1.82, 2.24) is 10.6 Å². The number of rotatable bonds is 8. The summed E-state index contributed by atoms with van der Waals surface area (Å²) in [5.74, 6) is 0.0517. The van der Waals surface area contributed by atoms with Gasteiger partial charge in [0.05, 0.1) is 6.04 Å². The lowest BCUT2D eigenvalue weighted by molar-refractivity contribution is -0.122. The molecule has 0 fully saturated rings. The molecule has 0 aliphatic rings. The summed E-state index contributed by atoms with van der Waals surface area (Å²) in [4.78, 5) is 11.3. The first kappa shape index (κ1) is 13.4. The third-order valence-corrected chi connectivity index (χ3v) is 1.98. The number of carbonyl (C=O) groups excluding carboxylic acids is 1. The normalized spacial score (nSPS) is 12.5. The van der Waals surface area contributed by atoms with Crippen LogP contribution in [-0.2, 0) is 4.79 Å².